The van der Waals surface area contributed by atoms with Gasteiger partial charge >= 0.3 is 0 Å². The van der Waals surface area contributed by atoms with Gasteiger partial charge in [0.25, 0.3) is 0 Å². The number of carbonyl (C=O) groups is 1. The van der Waals surface area contributed by atoms with E-state index in [1.165, 1.54) is 0 Å². The Balaban J connectivity index is 2.01. The standard InChI is InChI=1S/C14H20ClN3O/c1-10(2)14(19)17-11-4-3-7-18(9-11)13-5-6-16-8-12(13)15/h5-6,8,10-11H,3-4,7,9H2,1-2H3,(H,17,19). The summed E-state index contributed by atoms with van der Waals surface area (Å²) < 4.78 is 0. The molecule has 1 aromatic rings. The number of aromatic nitrogens is 1. The zero-order valence-corrected chi connectivity index (χ0v) is 12.2. The summed E-state index contributed by atoms with van der Waals surface area (Å²) in [5.41, 5.74) is 1.00. The van der Waals surface area contributed by atoms with Crippen molar-refractivity contribution in [3.8, 4) is 0 Å². The van der Waals surface area contributed by atoms with Gasteiger partial charge in [-0.3, -0.25) is 9.78 Å². The summed E-state index contributed by atoms with van der Waals surface area (Å²) in [6.07, 6.45) is 5.49. The Hall–Kier alpha value is -1.29. The van der Waals surface area contributed by atoms with Crippen LogP contribution in [0, 0.1) is 5.92 Å². The summed E-state index contributed by atoms with van der Waals surface area (Å²) in [5, 5.41) is 3.76. The van der Waals surface area contributed by atoms with Crippen molar-refractivity contribution in [2.24, 2.45) is 5.92 Å². The maximum Gasteiger partial charge on any atom is 0.222 e. The van der Waals surface area contributed by atoms with E-state index >= 15 is 0 Å². The minimum absolute atomic E-state index is 0.0277. The zero-order valence-electron chi connectivity index (χ0n) is 11.4. The quantitative estimate of drug-likeness (QED) is 0.926. The molecule has 1 aliphatic rings. The van der Waals surface area contributed by atoms with Gasteiger partial charge in [0.15, 0.2) is 0 Å². The number of amides is 1. The summed E-state index contributed by atoms with van der Waals surface area (Å²) >= 11 is 6.17. The topological polar surface area (TPSA) is 45.2 Å². The molecule has 0 aromatic carbocycles. The number of piperidine rings is 1. The molecule has 0 saturated carbocycles. The van der Waals surface area contributed by atoms with E-state index in [0.29, 0.717) is 5.02 Å². The van der Waals surface area contributed by atoms with Crippen molar-refractivity contribution in [3.63, 3.8) is 0 Å². The van der Waals surface area contributed by atoms with Crippen molar-refractivity contribution >= 4 is 23.2 Å². The molecule has 0 spiro atoms. The van der Waals surface area contributed by atoms with Gasteiger partial charge in [-0.25, -0.2) is 0 Å². The van der Waals surface area contributed by atoms with Crippen LogP contribution in [0.4, 0.5) is 5.69 Å². The molecule has 0 bridgehead atoms. The van der Waals surface area contributed by atoms with Gasteiger partial charge < -0.3 is 10.2 Å². The van der Waals surface area contributed by atoms with Crippen molar-refractivity contribution in [1.29, 1.82) is 0 Å². The van der Waals surface area contributed by atoms with Crippen molar-refractivity contribution < 1.29 is 4.79 Å². The first-order valence-corrected chi connectivity index (χ1v) is 7.10. The third kappa shape index (κ3) is 3.60. The predicted octanol–water partition coefficient (Wildman–Crippen LogP) is 2.48. The number of anilines is 1. The summed E-state index contributed by atoms with van der Waals surface area (Å²) in [4.78, 5) is 18.0. The fourth-order valence-corrected chi connectivity index (χ4v) is 2.54. The first-order valence-electron chi connectivity index (χ1n) is 6.72. The average Bonchev–Trinajstić information content (AvgIpc) is 2.39. The van der Waals surface area contributed by atoms with E-state index in [9.17, 15) is 4.79 Å². The molecule has 19 heavy (non-hydrogen) atoms. The number of halogens is 1. The molecule has 1 amide bonds. The van der Waals surface area contributed by atoms with Gasteiger partial charge in [-0.2, -0.15) is 0 Å². The minimum Gasteiger partial charge on any atom is -0.368 e. The number of hydrogen-bond acceptors (Lipinski definition) is 3. The van der Waals surface area contributed by atoms with Crippen LogP contribution in [-0.4, -0.2) is 30.0 Å². The normalized spacial score (nSPS) is 19.6. The van der Waals surface area contributed by atoms with Gasteiger partial charge in [-0.05, 0) is 18.9 Å². The number of carbonyl (C=O) groups excluding carboxylic acids is 1. The zero-order chi connectivity index (χ0) is 13.8. The monoisotopic (exact) mass is 281 g/mol. The van der Waals surface area contributed by atoms with Crippen LogP contribution in [0.25, 0.3) is 0 Å². The van der Waals surface area contributed by atoms with Crippen molar-refractivity contribution in [2.75, 3.05) is 18.0 Å². The first-order chi connectivity index (χ1) is 9.08. The van der Waals surface area contributed by atoms with Crippen LogP contribution in [0.1, 0.15) is 26.7 Å². The van der Waals surface area contributed by atoms with E-state index in [1.54, 1.807) is 12.4 Å². The molecule has 0 aliphatic carbocycles. The summed E-state index contributed by atoms with van der Waals surface area (Å²) in [6.45, 7) is 5.60. The number of pyridine rings is 1. The molecule has 0 radical (unpaired) electrons. The molecular weight excluding hydrogens is 262 g/mol. The van der Waals surface area contributed by atoms with Crippen LogP contribution in [0.2, 0.25) is 5.02 Å². The summed E-state index contributed by atoms with van der Waals surface area (Å²) in [5.74, 6) is 0.146. The van der Waals surface area contributed by atoms with Crippen molar-refractivity contribution in [2.45, 2.75) is 32.7 Å². The molecule has 2 rings (SSSR count). The maximum atomic E-state index is 11.8. The van der Waals surface area contributed by atoms with E-state index in [0.717, 1.165) is 31.6 Å². The van der Waals surface area contributed by atoms with E-state index in [-0.39, 0.29) is 17.9 Å². The fraction of sp³-hybridized carbons (Fsp3) is 0.571. The SMILES string of the molecule is CC(C)C(=O)NC1CCCN(c2ccncc2Cl)C1. The second-order valence-electron chi connectivity index (χ2n) is 5.28. The van der Waals surface area contributed by atoms with Crippen LogP contribution >= 0.6 is 11.6 Å². The highest BCUT2D eigenvalue weighted by Gasteiger charge is 2.23. The van der Waals surface area contributed by atoms with Crippen molar-refractivity contribution in [3.05, 3.63) is 23.5 Å². The molecule has 1 atom stereocenters. The molecule has 1 unspecified atom stereocenters. The molecule has 5 heteroatoms. The molecule has 1 N–H and O–H groups in total. The lowest BCUT2D eigenvalue weighted by Gasteiger charge is -2.35. The minimum atomic E-state index is 0.0277. The van der Waals surface area contributed by atoms with Crippen LogP contribution in [-0.2, 0) is 4.79 Å². The van der Waals surface area contributed by atoms with Gasteiger partial charge in [0.2, 0.25) is 5.91 Å². The Morgan fingerprint density at radius 3 is 3.05 bits per heavy atom. The Morgan fingerprint density at radius 1 is 1.58 bits per heavy atom. The van der Waals surface area contributed by atoms with E-state index < -0.39 is 0 Å². The predicted molar refractivity (Wildman–Crippen MR) is 77.5 cm³/mol. The smallest absolute Gasteiger partial charge is 0.222 e. The molecular formula is C14H20ClN3O. The molecule has 2 heterocycles. The molecule has 104 valence electrons. The molecule has 1 aliphatic heterocycles. The van der Waals surface area contributed by atoms with Gasteiger partial charge in [0.1, 0.15) is 0 Å². The van der Waals surface area contributed by atoms with E-state index in [1.807, 2.05) is 19.9 Å². The van der Waals surface area contributed by atoms with Crippen LogP contribution in [0.15, 0.2) is 18.5 Å². The highest BCUT2D eigenvalue weighted by atomic mass is 35.5. The van der Waals surface area contributed by atoms with Crippen LogP contribution in [0.3, 0.4) is 0 Å². The van der Waals surface area contributed by atoms with E-state index in [2.05, 4.69) is 15.2 Å². The largest absolute Gasteiger partial charge is 0.368 e. The van der Waals surface area contributed by atoms with Crippen LogP contribution < -0.4 is 10.2 Å². The Labute approximate surface area is 119 Å². The fourth-order valence-electron chi connectivity index (χ4n) is 2.31. The summed E-state index contributed by atoms with van der Waals surface area (Å²) in [7, 11) is 0. The first kappa shape index (κ1) is 14.1. The second kappa shape index (κ2) is 6.24. The van der Waals surface area contributed by atoms with Gasteiger partial charge in [-0.15, -0.1) is 0 Å². The molecule has 4 nitrogen and oxygen atoms in total. The number of nitrogens with zero attached hydrogens (tertiary/aromatic N) is 2. The Morgan fingerprint density at radius 2 is 2.37 bits per heavy atom. The average molecular weight is 282 g/mol. The third-order valence-corrected chi connectivity index (χ3v) is 3.68. The maximum absolute atomic E-state index is 11.8. The van der Waals surface area contributed by atoms with Crippen molar-refractivity contribution in [1.82, 2.24) is 10.3 Å². The van der Waals surface area contributed by atoms with Crippen LogP contribution in [0.5, 0.6) is 0 Å². The lowest BCUT2D eigenvalue weighted by Crippen LogP contribution is -2.48. The lowest BCUT2D eigenvalue weighted by atomic mass is 10.0. The number of nitrogens with one attached hydrogen (secondary N) is 1. The Kier molecular flexibility index (Phi) is 4.64. The highest BCUT2D eigenvalue weighted by molar-refractivity contribution is 6.33. The molecule has 1 fully saturated rings. The Bertz CT molecular complexity index is 450. The van der Waals surface area contributed by atoms with Gasteiger partial charge in [0.05, 0.1) is 10.7 Å². The van der Waals surface area contributed by atoms with E-state index in [4.69, 9.17) is 11.6 Å². The summed E-state index contributed by atoms with van der Waals surface area (Å²) in [6, 6.07) is 2.13. The highest BCUT2D eigenvalue weighted by Crippen LogP contribution is 2.27. The molecule has 1 aromatic heterocycles. The third-order valence-electron chi connectivity index (χ3n) is 3.38. The second-order valence-corrected chi connectivity index (χ2v) is 5.68. The van der Waals surface area contributed by atoms with Gasteiger partial charge in [-0.1, -0.05) is 25.4 Å². The molecule has 1 saturated heterocycles. The number of rotatable bonds is 3. The number of hydrogen-bond donors (Lipinski definition) is 1. The van der Waals surface area contributed by atoms with Gasteiger partial charge in [0, 0.05) is 37.4 Å². The lowest BCUT2D eigenvalue weighted by molar-refractivity contribution is -0.124.